The molecule has 17 heteroatoms. The number of alkyl halides is 2. The van der Waals surface area contributed by atoms with Crippen LogP contribution in [0, 0.1) is 11.6 Å². The van der Waals surface area contributed by atoms with Gasteiger partial charge in [0.15, 0.2) is 11.5 Å². The molecular formula is C33H28ClF4N7O4S. The Balaban J connectivity index is 1.62. The number of nitrogens with two attached hydrogens (primary N) is 1. The summed E-state index contributed by atoms with van der Waals surface area (Å²) in [6.45, 7) is -1.26. The number of sulfonamides is 1. The van der Waals surface area contributed by atoms with Crippen LogP contribution in [0.5, 0.6) is 5.75 Å². The minimum absolute atomic E-state index is 0.0133. The van der Waals surface area contributed by atoms with Crippen molar-refractivity contribution in [3.8, 4) is 11.4 Å². The number of anilines is 1. The summed E-state index contributed by atoms with van der Waals surface area (Å²) in [5.74, 6) is -1.55. The van der Waals surface area contributed by atoms with Crippen LogP contribution < -0.4 is 20.3 Å². The summed E-state index contributed by atoms with van der Waals surface area (Å²) >= 11 is 6.69. The monoisotopic (exact) mass is 729 g/mol. The molecule has 6 aromatic rings. The van der Waals surface area contributed by atoms with Gasteiger partial charge in [0.2, 0.25) is 10.0 Å². The van der Waals surface area contributed by atoms with E-state index in [2.05, 4.69) is 15.1 Å². The van der Waals surface area contributed by atoms with Crippen LogP contribution in [0.25, 0.3) is 27.6 Å². The molecule has 0 aliphatic rings. The summed E-state index contributed by atoms with van der Waals surface area (Å²) in [6.07, 6.45) is -0.819. The molecule has 0 saturated heterocycles. The number of fused-ring (bicyclic) bond motifs is 2. The second-order valence-corrected chi connectivity index (χ2v) is 13.7. The topological polar surface area (TPSA) is 138 Å². The van der Waals surface area contributed by atoms with E-state index in [0.29, 0.717) is 17.4 Å². The summed E-state index contributed by atoms with van der Waals surface area (Å²) in [5, 5.41) is 4.28. The van der Waals surface area contributed by atoms with Crippen LogP contribution in [0.1, 0.15) is 23.0 Å². The van der Waals surface area contributed by atoms with E-state index in [1.54, 1.807) is 24.3 Å². The number of halogens is 5. The lowest BCUT2D eigenvalue weighted by Crippen LogP contribution is -2.30. The number of aromatic nitrogens is 5. The molecule has 6 rings (SSSR count). The Kier molecular flexibility index (Phi) is 9.52. The lowest BCUT2D eigenvalue weighted by Gasteiger charge is -2.21. The standard InChI is InChI=1S/C33H28ClF4N7O4S/c1-49-22-7-5-18(6-8-22)16-44(50(2,47)48)32-28-24(34)9-10-26(29(28)43(42-32)17-27(37)38)45-31(41-30-23(33(45)46)4-3-11-40-30)25(39)14-19-12-20(35)15-21(36)13-19/h3-13,15,25,27H,14,16-17,39H2,1-2H3. The Morgan fingerprint density at radius 3 is 2.36 bits per heavy atom. The number of rotatable bonds is 11. The van der Waals surface area contributed by atoms with Gasteiger partial charge in [0, 0.05) is 12.3 Å². The Bertz CT molecular complexity index is 2390. The molecule has 0 aliphatic heterocycles. The van der Waals surface area contributed by atoms with Gasteiger partial charge in [0.05, 0.1) is 53.0 Å². The lowest BCUT2D eigenvalue weighted by atomic mass is 10.0. The van der Waals surface area contributed by atoms with E-state index in [9.17, 15) is 30.8 Å². The van der Waals surface area contributed by atoms with E-state index in [4.69, 9.17) is 22.1 Å². The molecule has 1 unspecified atom stereocenters. The van der Waals surface area contributed by atoms with Crippen LogP contribution in [-0.2, 0) is 29.5 Å². The van der Waals surface area contributed by atoms with Gasteiger partial charge < -0.3 is 10.5 Å². The van der Waals surface area contributed by atoms with Crippen LogP contribution >= 0.6 is 11.6 Å². The first-order valence-corrected chi connectivity index (χ1v) is 17.1. The van der Waals surface area contributed by atoms with Crippen LogP contribution in [0.15, 0.2) is 77.7 Å². The number of pyridine rings is 1. The van der Waals surface area contributed by atoms with Gasteiger partial charge in [0.25, 0.3) is 12.0 Å². The van der Waals surface area contributed by atoms with Crippen molar-refractivity contribution in [1.29, 1.82) is 0 Å². The molecule has 2 N–H and O–H groups in total. The Hall–Kier alpha value is -5.06. The molecule has 3 aromatic heterocycles. The summed E-state index contributed by atoms with van der Waals surface area (Å²) in [5.41, 5.74) is 6.39. The van der Waals surface area contributed by atoms with Crippen molar-refractivity contribution in [2.45, 2.75) is 32.0 Å². The summed E-state index contributed by atoms with van der Waals surface area (Å²) in [4.78, 5) is 23.0. The molecule has 0 amide bonds. The maximum absolute atomic E-state index is 14.3. The zero-order chi connectivity index (χ0) is 35.9. The maximum Gasteiger partial charge on any atom is 0.267 e. The maximum atomic E-state index is 14.3. The van der Waals surface area contributed by atoms with Crippen molar-refractivity contribution in [3.63, 3.8) is 0 Å². The average Bonchev–Trinajstić information content (AvgIpc) is 3.42. The molecule has 50 heavy (non-hydrogen) atoms. The van der Waals surface area contributed by atoms with Gasteiger partial charge in [-0.1, -0.05) is 23.7 Å². The Labute approximate surface area is 287 Å². The van der Waals surface area contributed by atoms with Gasteiger partial charge in [-0.2, -0.15) is 5.10 Å². The average molecular weight is 730 g/mol. The van der Waals surface area contributed by atoms with Crippen LogP contribution in [0.3, 0.4) is 0 Å². The minimum atomic E-state index is -4.12. The molecule has 0 radical (unpaired) electrons. The fraction of sp³-hybridized carbons (Fsp3) is 0.212. The second kappa shape index (κ2) is 13.7. The van der Waals surface area contributed by atoms with Crippen molar-refractivity contribution in [2.75, 3.05) is 17.7 Å². The smallest absolute Gasteiger partial charge is 0.267 e. The van der Waals surface area contributed by atoms with Crippen molar-refractivity contribution < 1.29 is 30.7 Å². The molecule has 0 aliphatic carbocycles. The molecule has 3 heterocycles. The summed E-state index contributed by atoms with van der Waals surface area (Å²) in [6, 6.07) is 13.9. The van der Waals surface area contributed by atoms with E-state index in [-0.39, 0.29) is 62.8 Å². The highest BCUT2D eigenvalue weighted by atomic mass is 35.5. The fourth-order valence-electron chi connectivity index (χ4n) is 5.70. The first kappa shape index (κ1) is 34.8. The molecule has 0 fully saturated rings. The first-order chi connectivity index (χ1) is 23.7. The predicted octanol–water partition coefficient (Wildman–Crippen LogP) is 5.54. The highest BCUT2D eigenvalue weighted by molar-refractivity contribution is 7.92. The van der Waals surface area contributed by atoms with E-state index in [0.717, 1.165) is 31.9 Å². The van der Waals surface area contributed by atoms with E-state index >= 15 is 0 Å². The van der Waals surface area contributed by atoms with Crippen molar-refractivity contribution >= 4 is 49.4 Å². The number of benzene rings is 3. The molecular weight excluding hydrogens is 702 g/mol. The first-order valence-electron chi connectivity index (χ1n) is 14.9. The van der Waals surface area contributed by atoms with Crippen molar-refractivity contribution in [2.24, 2.45) is 5.73 Å². The molecule has 0 saturated carbocycles. The summed E-state index contributed by atoms with van der Waals surface area (Å²) < 4.78 is 91.1. The molecule has 3 aromatic carbocycles. The number of ether oxygens (including phenoxy) is 1. The third-order valence-corrected chi connectivity index (χ3v) is 9.27. The number of hydrogen-bond donors (Lipinski definition) is 1. The van der Waals surface area contributed by atoms with Crippen LogP contribution in [0.4, 0.5) is 23.4 Å². The van der Waals surface area contributed by atoms with Gasteiger partial charge in [-0.3, -0.25) is 14.0 Å². The molecule has 0 spiro atoms. The van der Waals surface area contributed by atoms with Gasteiger partial charge in [-0.05, 0) is 66.1 Å². The summed E-state index contributed by atoms with van der Waals surface area (Å²) in [7, 11) is -2.65. The van der Waals surface area contributed by atoms with Crippen molar-refractivity contribution in [1.82, 2.24) is 24.3 Å². The van der Waals surface area contributed by atoms with Gasteiger partial charge >= 0.3 is 0 Å². The van der Waals surface area contributed by atoms with Gasteiger partial charge in [-0.15, -0.1) is 0 Å². The quantitative estimate of drug-likeness (QED) is 0.172. The van der Waals surface area contributed by atoms with Crippen LogP contribution in [0.2, 0.25) is 5.02 Å². The van der Waals surface area contributed by atoms with E-state index in [1.807, 2.05) is 0 Å². The van der Waals surface area contributed by atoms with E-state index in [1.165, 1.54) is 37.6 Å². The number of hydrogen-bond acceptors (Lipinski definition) is 8. The molecule has 1 atom stereocenters. The third kappa shape index (κ3) is 6.86. The van der Waals surface area contributed by atoms with Crippen LogP contribution in [-0.4, -0.2) is 52.5 Å². The fourth-order valence-corrected chi connectivity index (χ4v) is 6.76. The molecule has 11 nitrogen and oxygen atoms in total. The molecule has 0 bridgehead atoms. The second-order valence-electron chi connectivity index (χ2n) is 11.4. The highest BCUT2D eigenvalue weighted by Crippen LogP contribution is 2.38. The number of methoxy groups -OCH3 is 1. The van der Waals surface area contributed by atoms with Crippen molar-refractivity contribution in [3.05, 3.63) is 117 Å². The predicted molar refractivity (Wildman–Crippen MR) is 180 cm³/mol. The SMILES string of the molecule is COc1ccc(CN(c2nn(CC(F)F)c3c(-n4c(C(N)Cc5cc(F)cc(F)c5)nc5ncccc5c4=O)ccc(Cl)c23)S(C)(=O)=O)cc1. The third-order valence-electron chi connectivity index (χ3n) is 7.86. The zero-order valence-electron chi connectivity index (χ0n) is 26.4. The normalized spacial score (nSPS) is 12.6. The molecule has 260 valence electrons. The largest absolute Gasteiger partial charge is 0.497 e. The Morgan fingerprint density at radius 1 is 1.02 bits per heavy atom. The van der Waals surface area contributed by atoms with Gasteiger partial charge in [0.1, 0.15) is 29.8 Å². The zero-order valence-corrected chi connectivity index (χ0v) is 28.0. The number of nitrogens with zero attached hydrogens (tertiary/aromatic N) is 6. The van der Waals surface area contributed by atoms with Gasteiger partial charge in [-0.25, -0.2) is 40.3 Å². The minimum Gasteiger partial charge on any atom is -0.497 e. The Morgan fingerprint density at radius 2 is 1.72 bits per heavy atom. The van der Waals surface area contributed by atoms with E-state index < -0.39 is 46.2 Å². The lowest BCUT2D eigenvalue weighted by molar-refractivity contribution is 0.123. The highest BCUT2D eigenvalue weighted by Gasteiger charge is 2.30.